The van der Waals surface area contributed by atoms with E-state index < -0.39 is 22.2 Å². The zero-order valence-corrected chi connectivity index (χ0v) is 52.8. The number of ether oxygens (including phenoxy) is 7. The molecule has 0 radical (unpaired) electrons. The quantitative estimate of drug-likeness (QED) is 0.0342. The minimum Gasteiger partial charge on any atom is -0.465 e. The first-order chi connectivity index (χ1) is 39.6. The highest BCUT2D eigenvalue weighted by Crippen LogP contribution is 2.36. The standard InChI is InChI=1S/C62H86N8O11Si2/c1-42(2)66-17-19-67(20-18-66)61(73)79-35-45-14-16-52(49(28-45)37-76-6)46-30-53-57(63-38-64-59(53)71)56(33-46)81-62(74)70-22-21-68(43(3)4)34-50(70)29-44-13-15-51(48(27-44)36-75-5)47-31-54-58(55(32-47)80-41-78-24-26-83(10,11)12)65-39-69(60(54)72)40-77-23-25-82(7,8)9/h13-16,27-28,30-33,38-39,42-43,50H,17-26,29,34-37,40-41H2,1-12H3,(H,63,64,71). The molecule has 448 valence electrons. The first-order valence-electron chi connectivity index (χ1n) is 29.0. The molecule has 1 N–H and O–H groups in total. The minimum absolute atomic E-state index is 0.00338. The van der Waals surface area contributed by atoms with E-state index in [4.69, 9.17) is 38.1 Å². The van der Waals surface area contributed by atoms with Crippen LogP contribution in [0.2, 0.25) is 51.4 Å². The SMILES string of the molecule is COCc1cc(COC(=O)N2CCN(C(C)C)CC2)ccc1-c1cc(OC(=O)N2CCN(C(C)C)CC2Cc2ccc(-c3cc(OCOCC[Si](C)(C)C)c4ncn(COCC[Si](C)(C)C)c(=O)c4c3)c(COC)c2)c2nc[nH]c(=O)c2c1. The second-order valence-electron chi connectivity index (χ2n) is 24.8. The molecule has 2 amide bonds. The van der Waals surface area contributed by atoms with E-state index in [0.717, 1.165) is 64.1 Å². The molecule has 1 unspecified atom stereocenters. The van der Waals surface area contributed by atoms with E-state index in [1.165, 1.54) is 17.2 Å². The third kappa shape index (κ3) is 16.5. The lowest BCUT2D eigenvalue weighted by atomic mass is 9.93. The summed E-state index contributed by atoms with van der Waals surface area (Å²) in [6, 6.07) is 21.4. The summed E-state index contributed by atoms with van der Waals surface area (Å²) in [7, 11) is 0.566. The number of rotatable bonds is 24. The van der Waals surface area contributed by atoms with E-state index in [0.29, 0.717) is 80.6 Å². The number of piperazine rings is 2. The maximum atomic E-state index is 14.8. The first-order valence-corrected chi connectivity index (χ1v) is 36.4. The van der Waals surface area contributed by atoms with E-state index in [2.05, 4.69) is 98.9 Å². The summed E-state index contributed by atoms with van der Waals surface area (Å²) in [5.41, 5.74) is 6.41. The van der Waals surface area contributed by atoms with Gasteiger partial charge in [-0.3, -0.25) is 24.0 Å². The first kappa shape index (κ1) is 62.7. The molecule has 0 aliphatic carbocycles. The Balaban J connectivity index is 1.06. The van der Waals surface area contributed by atoms with Crippen LogP contribution in [0, 0.1) is 0 Å². The normalized spacial score (nSPS) is 15.7. The predicted molar refractivity (Wildman–Crippen MR) is 330 cm³/mol. The Labute approximate surface area is 490 Å². The van der Waals surface area contributed by atoms with Crippen molar-refractivity contribution in [1.29, 1.82) is 0 Å². The van der Waals surface area contributed by atoms with Gasteiger partial charge in [0.1, 0.15) is 36.4 Å². The number of aromatic nitrogens is 4. The molecule has 19 nitrogen and oxygen atoms in total. The topological polar surface area (TPSA) is 192 Å². The summed E-state index contributed by atoms with van der Waals surface area (Å²) in [6.45, 7) is 28.6. The molecule has 1 atom stereocenters. The van der Waals surface area contributed by atoms with Crippen LogP contribution in [0.25, 0.3) is 44.1 Å². The van der Waals surface area contributed by atoms with Crippen LogP contribution in [0.15, 0.2) is 82.9 Å². The van der Waals surface area contributed by atoms with Crippen LogP contribution in [0.3, 0.4) is 0 Å². The lowest BCUT2D eigenvalue weighted by molar-refractivity contribution is 0.0228. The van der Waals surface area contributed by atoms with Crippen molar-refractivity contribution in [1.82, 2.24) is 39.1 Å². The fraction of sp³-hybridized carbons (Fsp3) is 0.516. The summed E-state index contributed by atoms with van der Waals surface area (Å²) in [5.74, 6) is 0.567. The van der Waals surface area contributed by atoms with Gasteiger partial charge < -0.3 is 47.9 Å². The molecule has 0 bridgehead atoms. The van der Waals surface area contributed by atoms with Crippen molar-refractivity contribution in [2.45, 2.75) is 130 Å². The number of benzene rings is 4. The molecular formula is C62H86N8O11Si2. The highest BCUT2D eigenvalue weighted by molar-refractivity contribution is 6.76. The number of hydrogen-bond acceptors (Lipinski definition) is 15. The van der Waals surface area contributed by atoms with Crippen molar-refractivity contribution >= 4 is 50.1 Å². The van der Waals surface area contributed by atoms with Crippen LogP contribution in [0.4, 0.5) is 9.59 Å². The molecule has 4 aromatic carbocycles. The lowest BCUT2D eigenvalue weighted by Crippen LogP contribution is -2.58. The number of methoxy groups -OCH3 is 2. The number of aromatic amines is 1. The Bertz CT molecular complexity index is 3330. The van der Waals surface area contributed by atoms with Crippen LogP contribution in [-0.2, 0) is 56.7 Å². The monoisotopic (exact) mass is 1170 g/mol. The van der Waals surface area contributed by atoms with Crippen molar-refractivity contribution in [2.75, 3.05) is 80.0 Å². The number of nitrogens with one attached hydrogen (secondary N) is 1. The molecule has 2 fully saturated rings. The molecule has 2 saturated heterocycles. The Hall–Kier alpha value is -6.31. The average Bonchev–Trinajstić information content (AvgIpc) is 3.64. The molecule has 6 aromatic rings. The summed E-state index contributed by atoms with van der Waals surface area (Å²) in [6.07, 6.45) is 2.39. The molecule has 21 heteroatoms. The van der Waals surface area contributed by atoms with E-state index in [1.54, 1.807) is 36.2 Å². The molecule has 4 heterocycles. The average molecular weight is 1180 g/mol. The Morgan fingerprint density at radius 2 is 1.25 bits per heavy atom. The molecular weight excluding hydrogens is 1090 g/mol. The summed E-state index contributed by atoms with van der Waals surface area (Å²) in [5, 5.41) is 0.639. The fourth-order valence-corrected chi connectivity index (χ4v) is 12.0. The largest absolute Gasteiger partial charge is 0.465 e. The van der Waals surface area contributed by atoms with Crippen LogP contribution in [0.1, 0.15) is 49.9 Å². The number of fused-ring (bicyclic) bond motifs is 2. The van der Waals surface area contributed by atoms with Crippen molar-refractivity contribution in [3.63, 3.8) is 0 Å². The summed E-state index contributed by atoms with van der Waals surface area (Å²) >= 11 is 0. The molecule has 2 aromatic heterocycles. The van der Waals surface area contributed by atoms with Gasteiger partial charge in [-0.2, -0.15) is 0 Å². The van der Waals surface area contributed by atoms with Gasteiger partial charge in [0.05, 0.1) is 36.4 Å². The number of amides is 2. The molecule has 83 heavy (non-hydrogen) atoms. The summed E-state index contributed by atoms with van der Waals surface area (Å²) in [4.78, 5) is 75.9. The maximum absolute atomic E-state index is 14.8. The predicted octanol–water partition coefficient (Wildman–Crippen LogP) is 10.1. The Kier molecular flexibility index (Phi) is 21.2. The number of H-pyrrole nitrogens is 1. The van der Waals surface area contributed by atoms with Gasteiger partial charge in [-0.25, -0.2) is 19.6 Å². The Morgan fingerprint density at radius 3 is 1.89 bits per heavy atom. The van der Waals surface area contributed by atoms with Gasteiger partial charge in [-0.05, 0) is 121 Å². The minimum atomic E-state index is -1.35. The van der Waals surface area contributed by atoms with Crippen molar-refractivity contribution in [2.24, 2.45) is 0 Å². The fourth-order valence-electron chi connectivity index (χ4n) is 10.5. The van der Waals surface area contributed by atoms with E-state index in [1.807, 2.05) is 36.4 Å². The van der Waals surface area contributed by atoms with Gasteiger partial charge in [0.25, 0.3) is 11.1 Å². The van der Waals surface area contributed by atoms with E-state index in [9.17, 15) is 19.2 Å². The van der Waals surface area contributed by atoms with E-state index in [-0.39, 0.29) is 79.3 Å². The highest BCUT2D eigenvalue weighted by Gasteiger charge is 2.34. The number of carbonyl (C=O) groups is 2. The maximum Gasteiger partial charge on any atom is 0.415 e. The Morgan fingerprint density at radius 1 is 0.663 bits per heavy atom. The molecule has 0 spiro atoms. The van der Waals surface area contributed by atoms with Gasteiger partial charge in [-0.1, -0.05) is 69.6 Å². The number of nitrogens with zero attached hydrogens (tertiary/aromatic N) is 7. The van der Waals surface area contributed by atoms with Crippen LogP contribution in [-0.4, -0.2) is 166 Å². The second kappa shape index (κ2) is 28.1. The zero-order chi connectivity index (χ0) is 59.6. The smallest absolute Gasteiger partial charge is 0.415 e. The van der Waals surface area contributed by atoms with Gasteiger partial charge in [0, 0.05) is 101 Å². The van der Waals surface area contributed by atoms with Crippen LogP contribution >= 0.6 is 0 Å². The molecule has 2 aliphatic rings. The van der Waals surface area contributed by atoms with Crippen molar-refractivity contribution in [3.8, 4) is 33.8 Å². The second-order valence-corrected chi connectivity index (χ2v) is 36.1. The highest BCUT2D eigenvalue weighted by atomic mass is 28.3. The van der Waals surface area contributed by atoms with Crippen LogP contribution < -0.4 is 20.6 Å². The number of carbonyl (C=O) groups excluding carboxylic acids is 2. The van der Waals surface area contributed by atoms with Crippen molar-refractivity contribution in [3.05, 3.63) is 116 Å². The molecule has 0 saturated carbocycles. The van der Waals surface area contributed by atoms with Gasteiger partial charge in [0.2, 0.25) is 0 Å². The summed E-state index contributed by atoms with van der Waals surface area (Å²) < 4.78 is 43.5. The third-order valence-electron chi connectivity index (χ3n) is 15.5. The molecule has 2 aliphatic heterocycles. The van der Waals surface area contributed by atoms with Gasteiger partial charge in [0.15, 0.2) is 12.5 Å². The van der Waals surface area contributed by atoms with Gasteiger partial charge in [-0.15, -0.1) is 0 Å². The lowest BCUT2D eigenvalue weighted by Gasteiger charge is -2.42. The van der Waals surface area contributed by atoms with Crippen molar-refractivity contribution < 1.29 is 42.7 Å². The molecule has 8 rings (SSSR count). The van der Waals surface area contributed by atoms with E-state index >= 15 is 0 Å². The van der Waals surface area contributed by atoms with Crippen LogP contribution in [0.5, 0.6) is 11.5 Å². The third-order valence-corrected chi connectivity index (χ3v) is 18.9. The van der Waals surface area contributed by atoms with Gasteiger partial charge >= 0.3 is 12.2 Å². The zero-order valence-electron chi connectivity index (χ0n) is 50.8. The number of hydrogen-bond donors (Lipinski definition) is 1.